The second-order valence-corrected chi connectivity index (χ2v) is 19.2. The number of fused-ring (bicyclic) bond motifs is 3. The van der Waals surface area contributed by atoms with Gasteiger partial charge in [-0.3, -0.25) is 33.6 Å². The molecule has 318 valence electrons. The molecule has 1 saturated heterocycles. The molecule has 17 heteroatoms. The van der Waals surface area contributed by atoms with Crippen LogP contribution in [0, 0.1) is 11.7 Å². The van der Waals surface area contributed by atoms with Crippen molar-refractivity contribution in [3.8, 4) is 0 Å². The van der Waals surface area contributed by atoms with Crippen LogP contribution in [0.4, 0.5) is 20.6 Å². The van der Waals surface area contributed by atoms with E-state index in [0.717, 1.165) is 12.0 Å². The summed E-state index contributed by atoms with van der Waals surface area (Å²) in [6.45, 7) is 3.57. The number of carbonyl (C=O) groups excluding carboxylic acids is 4. The number of hydrogen-bond donors (Lipinski definition) is 4. The maximum absolute atomic E-state index is 14.8. The molecule has 60 heavy (non-hydrogen) atoms. The number of amides is 4. The zero-order chi connectivity index (χ0) is 42.6. The molecule has 2 aliphatic carbocycles. The van der Waals surface area contributed by atoms with E-state index in [9.17, 15) is 41.6 Å². The highest BCUT2D eigenvalue weighted by Crippen LogP contribution is 2.46. The quantitative estimate of drug-likeness (QED) is 0.181. The number of allylic oxidation sites excluding steroid dienone is 1. The van der Waals surface area contributed by atoms with Crippen molar-refractivity contribution < 1.29 is 36.7 Å². The van der Waals surface area contributed by atoms with Crippen molar-refractivity contribution in [1.29, 1.82) is 0 Å². The Morgan fingerprint density at radius 3 is 2.42 bits per heavy atom. The van der Waals surface area contributed by atoms with Crippen LogP contribution in [0.5, 0.6) is 0 Å². The van der Waals surface area contributed by atoms with Crippen LogP contribution in [0.1, 0.15) is 88.3 Å². The van der Waals surface area contributed by atoms with E-state index in [4.69, 9.17) is 4.74 Å². The SMILES string of the molecule is CC(C)(Nc1c(N[C@H]2CCCCC/C=C\[C@@H]3C[C@@]3(C(=O)NS(=O)(=O)C3CC3)NC(=O)[C@@H]3C[C@@H](OC(=O)N4Cc5cccc(F)c5C4)CN3C2=O)c(=O)c1=O)c1ccccc1. The minimum atomic E-state index is -3.96. The highest BCUT2D eigenvalue weighted by molar-refractivity contribution is 7.91. The molecule has 8 rings (SSSR count). The Kier molecular flexibility index (Phi) is 10.8. The Hall–Kier alpha value is -5.58. The Bertz CT molecular complexity index is 2430. The van der Waals surface area contributed by atoms with Crippen LogP contribution in [0.2, 0.25) is 0 Å². The number of nitrogens with zero attached hydrogens (tertiary/aromatic N) is 2. The van der Waals surface area contributed by atoms with E-state index in [1.807, 2.05) is 56.3 Å². The summed E-state index contributed by atoms with van der Waals surface area (Å²) in [4.78, 5) is 85.4. The van der Waals surface area contributed by atoms with Crippen LogP contribution < -0.4 is 31.5 Å². The van der Waals surface area contributed by atoms with Crippen molar-refractivity contribution >= 4 is 45.2 Å². The van der Waals surface area contributed by atoms with Gasteiger partial charge in [0.05, 0.1) is 23.9 Å². The van der Waals surface area contributed by atoms with Crippen molar-refractivity contribution in [1.82, 2.24) is 19.8 Å². The first-order valence-electron chi connectivity index (χ1n) is 20.6. The standard InChI is InChI=1S/C43H49FN6O9S/c1-42(2,26-13-8-6-9-14-26)46-35-34(36(51)37(35)52)45-32-17-10-5-3-4-7-15-27-21-43(27,40(55)48-60(57,58)29-18-19-29)47-38(53)33-20-28(23-50(33)39(32)54)59-41(56)49-22-25-12-11-16-31(44)30(25)24-49/h6-9,11-16,27-29,32-33,45-46H,3-5,10,17-24H2,1-2H3,(H,47,53)(H,48,55)/b15-7-/t27-,28-,32+,33+,43-/m1/s1. The van der Waals surface area contributed by atoms with Gasteiger partial charge in [0.2, 0.25) is 21.8 Å². The summed E-state index contributed by atoms with van der Waals surface area (Å²) < 4.78 is 48.4. The smallest absolute Gasteiger partial charge is 0.410 e. The van der Waals surface area contributed by atoms with Gasteiger partial charge in [0.25, 0.3) is 16.8 Å². The molecule has 0 bridgehead atoms. The van der Waals surface area contributed by atoms with Gasteiger partial charge in [-0.2, -0.15) is 0 Å². The van der Waals surface area contributed by atoms with Crippen molar-refractivity contribution in [2.75, 3.05) is 17.2 Å². The molecule has 3 aliphatic heterocycles. The van der Waals surface area contributed by atoms with E-state index in [0.29, 0.717) is 43.2 Å². The molecule has 5 atom stereocenters. The van der Waals surface area contributed by atoms with Gasteiger partial charge in [-0.15, -0.1) is 0 Å². The summed E-state index contributed by atoms with van der Waals surface area (Å²) in [7, 11) is -3.96. The Labute approximate surface area is 346 Å². The van der Waals surface area contributed by atoms with Gasteiger partial charge in [0.1, 0.15) is 40.9 Å². The van der Waals surface area contributed by atoms with Crippen LogP contribution in [-0.2, 0) is 47.8 Å². The van der Waals surface area contributed by atoms with Gasteiger partial charge >= 0.3 is 6.09 Å². The maximum Gasteiger partial charge on any atom is 0.410 e. The third kappa shape index (κ3) is 8.02. The highest BCUT2D eigenvalue weighted by atomic mass is 32.2. The predicted octanol–water partition coefficient (Wildman–Crippen LogP) is 3.67. The zero-order valence-corrected chi connectivity index (χ0v) is 34.3. The van der Waals surface area contributed by atoms with Gasteiger partial charge < -0.3 is 25.6 Å². The van der Waals surface area contributed by atoms with E-state index in [-0.39, 0.29) is 50.3 Å². The summed E-state index contributed by atoms with van der Waals surface area (Å²) in [5, 5.41) is 8.37. The Morgan fingerprint density at radius 2 is 1.68 bits per heavy atom. The first kappa shape index (κ1) is 41.2. The van der Waals surface area contributed by atoms with Gasteiger partial charge in [0.15, 0.2) is 0 Å². The molecule has 4 amide bonds. The average molecular weight is 845 g/mol. The first-order chi connectivity index (χ1) is 28.6. The second kappa shape index (κ2) is 15.8. The molecular formula is C43H49FN6O9S. The Morgan fingerprint density at radius 1 is 0.933 bits per heavy atom. The summed E-state index contributed by atoms with van der Waals surface area (Å²) in [6, 6.07) is 11.6. The lowest BCUT2D eigenvalue weighted by molar-refractivity contribution is -0.140. The lowest BCUT2D eigenvalue weighted by atomic mass is 9.93. The molecule has 3 fully saturated rings. The molecule has 3 aromatic carbocycles. The van der Waals surface area contributed by atoms with Crippen LogP contribution in [-0.4, -0.2) is 77.6 Å². The molecule has 0 aromatic heterocycles. The number of nitrogens with one attached hydrogen (secondary N) is 4. The lowest BCUT2D eigenvalue weighted by Crippen LogP contribution is -2.57. The van der Waals surface area contributed by atoms with Gasteiger partial charge in [-0.25, -0.2) is 17.6 Å². The van der Waals surface area contributed by atoms with Gasteiger partial charge in [-0.1, -0.05) is 67.5 Å². The van der Waals surface area contributed by atoms with Crippen molar-refractivity contribution in [2.45, 2.75) is 119 Å². The summed E-state index contributed by atoms with van der Waals surface area (Å²) in [5.41, 5.74) is -2.08. The third-order valence-corrected chi connectivity index (χ3v) is 14.3. The summed E-state index contributed by atoms with van der Waals surface area (Å²) in [5.74, 6) is -3.16. The van der Waals surface area contributed by atoms with Crippen molar-refractivity contribution in [3.05, 3.63) is 104 Å². The zero-order valence-electron chi connectivity index (χ0n) is 33.5. The minimum absolute atomic E-state index is 0.0261. The number of hydrogen-bond acceptors (Lipinski definition) is 11. The fourth-order valence-electron chi connectivity index (χ4n) is 8.64. The van der Waals surface area contributed by atoms with E-state index in [1.54, 1.807) is 12.1 Å². The predicted molar refractivity (Wildman–Crippen MR) is 219 cm³/mol. The number of anilines is 2. The van der Waals surface area contributed by atoms with Gasteiger partial charge in [0, 0.05) is 24.4 Å². The molecule has 15 nitrogen and oxygen atoms in total. The number of halogens is 1. The molecule has 3 aromatic rings. The Balaban J connectivity index is 1.08. The van der Waals surface area contributed by atoms with E-state index >= 15 is 0 Å². The number of rotatable bonds is 9. The first-order valence-corrected chi connectivity index (χ1v) is 22.1. The summed E-state index contributed by atoms with van der Waals surface area (Å²) >= 11 is 0. The molecule has 0 spiro atoms. The monoisotopic (exact) mass is 844 g/mol. The number of benzene rings is 2. The van der Waals surface area contributed by atoms with Crippen molar-refractivity contribution in [2.24, 2.45) is 5.92 Å². The topological polar surface area (TPSA) is 200 Å². The average Bonchev–Trinajstić information content (AvgIpc) is 4.11. The van der Waals surface area contributed by atoms with E-state index < -0.39 is 90.9 Å². The molecule has 2 saturated carbocycles. The fourth-order valence-corrected chi connectivity index (χ4v) is 10.0. The number of carbonyl (C=O) groups is 4. The molecule has 3 heterocycles. The minimum Gasteiger partial charge on any atom is -0.444 e. The third-order valence-electron chi connectivity index (χ3n) is 12.5. The van der Waals surface area contributed by atoms with Crippen LogP contribution in [0.3, 0.4) is 0 Å². The lowest BCUT2D eigenvalue weighted by Gasteiger charge is -2.32. The largest absolute Gasteiger partial charge is 0.444 e. The highest BCUT2D eigenvalue weighted by Gasteiger charge is 2.62. The fraction of sp³-hybridized carbons (Fsp3) is 0.488. The number of sulfonamides is 1. The van der Waals surface area contributed by atoms with E-state index in [2.05, 4.69) is 20.7 Å². The van der Waals surface area contributed by atoms with E-state index in [1.165, 1.54) is 15.9 Å². The number of ether oxygens (including phenoxy) is 1. The van der Waals surface area contributed by atoms with Crippen LogP contribution >= 0.6 is 0 Å². The molecule has 0 radical (unpaired) electrons. The molecule has 5 aliphatic rings. The van der Waals surface area contributed by atoms with Gasteiger partial charge in [-0.05, 0) is 69.6 Å². The van der Waals surface area contributed by atoms with Crippen LogP contribution in [0.25, 0.3) is 0 Å². The summed E-state index contributed by atoms with van der Waals surface area (Å²) in [6.07, 6.45) is 5.56. The maximum atomic E-state index is 14.8. The normalized spacial score (nSPS) is 26.4. The van der Waals surface area contributed by atoms with Crippen molar-refractivity contribution in [3.63, 3.8) is 0 Å². The molecule has 4 N–H and O–H groups in total. The molecular weight excluding hydrogens is 796 g/mol. The van der Waals surface area contributed by atoms with Crippen LogP contribution in [0.15, 0.2) is 70.3 Å². The second-order valence-electron chi connectivity index (χ2n) is 17.2. The molecule has 0 unspecified atom stereocenters.